The Bertz CT molecular complexity index is 666. The second-order valence-electron chi connectivity index (χ2n) is 4.74. The minimum Gasteiger partial charge on any atom is -0.347 e. The van der Waals surface area contributed by atoms with E-state index in [2.05, 4.69) is 30.5 Å². The third-order valence-corrected chi connectivity index (χ3v) is 3.34. The first-order chi connectivity index (χ1) is 10.2. The number of aromatic nitrogens is 5. The molecular formula is C12H15N7O2. The van der Waals surface area contributed by atoms with Crippen molar-refractivity contribution in [3.05, 3.63) is 34.8 Å². The van der Waals surface area contributed by atoms with E-state index in [1.807, 2.05) is 4.90 Å². The fourth-order valence-electron chi connectivity index (χ4n) is 2.40. The lowest BCUT2D eigenvalue weighted by molar-refractivity contribution is -0.122. The maximum Gasteiger partial charge on any atom is 0.340 e. The van der Waals surface area contributed by atoms with Crippen molar-refractivity contribution < 1.29 is 4.79 Å². The Morgan fingerprint density at radius 1 is 1.43 bits per heavy atom. The number of hydrogen-bond donors (Lipinski definition) is 3. The summed E-state index contributed by atoms with van der Waals surface area (Å²) in [6.07, 6.45) is 4.98. The van der Waals surface area contributed by atoms with Gasteiger partial charge in [0.2, 0.25) is 11.9 Å². The van der Waals surface area contributed by atoms with Crippen molar-refractivity contribution in [1.29, 1.82) is 0 Å². The molecule has 9 nitrogen and oxygen atoms in total. The summed E-state index contributed by atoms with van der Waals surface area (Å²) in [6, 6.07) is 1.45. The first kappa shape index (κ1) is 13.3. The summed E-state index contributed by atoms with van der Waals surface area (Å²) < 4.78 is 0. The number of rotatable bonds is 4. The maximum atomic E-state index is 12.3. The highest BCUT2D eigenvalue weighted by atomic mass is 16.2. The van der Waals surface area contributed by atoms with E-state index in [1.54, 1.807) is 18.5 Å². The molecule has 9 heteroatoms. The third kappa shape index (κ3) is 2.91. The van der Waals surface area contributed by atoms with Crippen LogP contribution in [0.4, 0.5) is 5.95 Å². The highest BCUT2D eigenvalue weighted by Crippen LogP contribution is 2.21. The minimum absolute atomic E-state index is 0.121. The van der Waals surface area contributed by atoms with Crippen molar-refractivity contribution >= 4 is 11.9 Å². The van der Waals surface area contributed by atoms with Crippen molar-refractivity contribution in [3.63, 3.8) is 0 Å². The highest BCUT2D eigenvalue weighted by molar-refractivity contribution is 5.85. The van der Waals surface area contributed by atoms with E-state index in [1.165, 1.54) is 0 Å². The third-order valence-electron chi connectivity index (χ3n) is 3.34. The van der Waals surface area contributed by atoms with E-state index in [4.69, 9.17) is 0 Å². The maximum absolute atomic E-state index is 12.3. The van der Waals surface area contributed by atoms with E-state index < -0.39 is 0 Å². The minimum atomic E-state index is -0.389. The molecule has 1 aliphatic heterocycles. The monoisotopic (exact) mass is 289 g/mol. The smallest absolute Gasteiger partial charge is 0.340 e. The molecule has 1 atom stereocenters. The van der Waals surface area contributed by atoms with E-state index in [-0.39, 0.29) is 24.2 Å². The molecule has 0 radical (unpaired) electrons. The number of amides is 1. The van der Waals surface area contributed by atoms with E-state index in [0.29, 0.717) is 11.8 Å². The Kier molecular flexibility index (Phi) is 3.63. The van der Waals surface area contributed by atoms with Crippen LogP contribution in [0.2, 0.25) is 0 Å². The quantitative estimate of drug-likeness (QED) is 0.676. The van der Waals surface area contributed by atoms with Crippen LogP contribution in [0.3, 0.4) is 0 Å². The molecule has 0 saturated carbocycles. The van der Waals surface area contributed by atoms with Crippen LogP contribution in [0, 0.1) is 0 Å². The summed E-state index contributed by atoms with van der Waals surface area (Å²) in [7, 11) is 0. The second kappa shape index (κ2) is 5.73. The number of nitrogens with one attached hydrogen (secondary N) is 3. The van der Waals surface area contributed by atoms with Crippen molar-refractivity contribution in [2.45, 2.75) is 25.4 Å². The summed E-state index contributed by atoms with van der Waals surface area (Å²) in [6.45, 7) is 0.929. The second-order valence-corrected chi connectivity index (χ2v) is 4.74. The highest BCUT2D eigenvalue weighted by Gasteiger charge is 2.32. The van der Waals surface area contributed by atoms with Crippen LogP contribution in [0.25, 0.3) is 0 Å². The van der Waals surface area contributed by atoms with Crippen LogP contribution in [0.15, 0.2) is 23.3 Å². The number of carbonyl (C=O) groups is 1. The van der Waals surface area contributed by atoms with Gasteiger partial charge in [0.05, 0.1) is 6.54 Å². The van der Waals surface area contributed by atoms with E-state index >= 15 is 0 Å². The number of carbonyl (C=O) groups excluding carboxylic acids is 1. The van der Waals surface area contributed by atoms with Crippen molar-refractivity contribution in [2.24, 2.45) is 0 Å². The molecule has 0 spiro atoms. The first-order valence-electron chi connectivity index (χ1n) is 6.69. The normalized spacial score (nSPS) is 17.9. The van der Waals surface area contributed by atoms with Crippen LogP contribution in [0.5, 0.6) is 0 Å². The topological polar surface area (TPSA) is 120 Å². The van der Waals surface area contributed by atoms with Gasteiger partial charge in [-0.25, -0.2) is 19.9 Å². The number of aromatic amines is 2. The molecule has 2 aromatic heterocycles. The van der Waals surface area contributed by atoms with Gasteiger partial charge in [-0.3, -0.25) is 9.78 Å². The number of H-pyrrole nitrogens is 2. The Hall–Kier alpha value is -2.71. The molecule has 3 N–H and O–H groups in total. The lowest BCUT2D eigenvalue weighted by atomic mass is 10.2. The molecule has 1 amide bonds. The summed E-state index contributed by atoms with van der Waals surface area (Å²) >= 11 is 0. The zero-order chi connectivity index (χ0) is 14.7. The number of hydrogen-bond acceptors (Lipinski definition) is 6. The van der Waals surface area contributed by atoms with Crippen LogP contribution in [-0.4, -0.2) is 43.6 Å². The molecule has 1 fully saturated rings. The standard InChI is InChI=1S/C12H15N7O2/c20-10(15-7-9-16-12(21)18-17-9)8-3-1-6-19(8)11-13-4-2-5-14-11/h2,4-5,8H,1,3,6-7H2,(H,15,20)(H2,16,17,18,21). The van der Waals surface area contributed by atoms with Gasteiger partial charge in [-0.2, -0.15) is 5.10 Å². The van der Waals surface area contributed by atoms with Crippen LogP contribution in [-0.2, 0) is 11.3 Å². The Labute approximate surface area is 119 Å². The molecule has 3 rings (SSSR count). The van der Waals surface area contributed by atoms with Crippen molar-refractivity contribution in [3.8, 4) is 0 Å². The Balaban J connectivity index is 1.64. The fraction of sp³-hybridized carbons (Fsp3) is 0.417. The van der Waals surface area contributed by atoms with Gasteiger partial charge < -0.3 is 10.2 Å². The molecule has 3 heterocycles. The van der Waals surface area contributed by atoms with Gasteiger partial charge in [-0.05, 0) is 18.9 Å². The SMILES string of the molecule is O=C(NCc1n[nH]c(=O)[nH]1)C1CCCN1c1ncccn1. The Morgan fingerprint density at radius 3 is 2.95 bits per heavy atom. The molecule has 21 heavy (non-hydrogen) atoms. The lowest BCUT2D eigenvalue weighted by Crippen LogP contribution is -2.43. The van der Waals surface area contributed by atoms with Gasteiger partial charge in [-0.15, -0.1) is 0 Å². The van der Waals surface area contributed by atoms with E-state index in [0.717, 1.165) is 19.4 Å². The average molecular weight is 289 g/mol. The molecule has 0 aliphatic carbocycles. The van der Waals surface area contributed by atoms with Crippen molar-refractivity contribution in [2.75, 3.05) is 11.4 Å². The number of nitrogens with zero attached hydrogens (tertiary/aromatic N) is 4. The van der Waals surface area contributed by atoms with E-state index in [9.17, 15) is 9.59 Å². The summed E-state index contributed by atoms with van der Waals surface area (Å²) in [4.78, 5) is 35.9. The van der Waals surface area contributed by atoms with Gasteiger partial charge in [0.1, 0.15) is 11.9 Å². The van der Waals surface area contributed by atoms with Gasteiger partial charge in [0, 0.05) is 18.9 Å². The van der Waals surface area contributed by atoms with Crippen LogP contribution < -0.4 is 15.9 Å². The lowest BCUT2D eigenvalue weighted by Gasteiger charge is -2.23. The van der Waals surface area contributed by atoms with Gasteiger partial charge in [-0.1, -0.05) is 0 Å². The average Bonchev–Trinajstić information content (AvgIpc) is 3.14. The van der Waals surface area contributed by atoms with Crippen molar-refractivity contribution in [1.82, 2.24) is 30.5 Å². The summed E-state index contributed by atoms with van der Waals surface area (Å²) in [5.41, 5.74) is -0.389. The number of anilines is 1. The fourth-order valence-corrected chi connectivity index (χ4v) is 2.40. The molecule has 0 aromatic carbocycles. The molecule has 0 bridgehead atoms. The Morgan fingerprint density at radius 2 is 2.24 bits per heavy atom. The predicted octanol–water partition coefficient (Wildman–Crippen LogP) is -0.827. The summed E-state index contributed by atoms with van der Waals surface area (Å²) in [5, 5.41) is 8.76. The molecular weight excluding hydrogens is 274 g/mol. The predicted molar refractivity (Wildman–Crippen MR) is 73.5 cm³/mol. The molecule has 1 saturated heterocycles. The summed E-state index contributed by atoms with van der Waals surface area (Å²) in [5.74, 6) is 0.834. The first-order valence-corrected chi connectivity index (χ1v) is 6.69. The largest absolute Gasteiger partial charge is 0.347 e. The van der Waals surface area contributed by atoms with Gasteiger partial charge in [0.15, 0.2) is 0 Å². The van der Waals surface area contributed by atoms with Gasteiger partial charge >= 0.3 is 5.69 Å². The zero-order valence-electron chi connectivity index (χ0n) is 11.2. The zero-order valence-corrected chi connectivity index (χ0v) is 11.2. The van der Waals surface area contributed by atoms with Crippen LogP contribution in [0.1, 0.15) is 18.7 Å². The molecule has 110 valence electrons. The molecule has 1 aliphatic rings. The molecule has 1 unspecified atom stereocenters. The van der Waals surface area contributed by atoms with Gasteiger partial charge in [0.25, 0.3) is 0 Å². The van der Waals surface area contributed by atoms with Crippen LogP contribution >= 0.6 is 0 Å². The molecule has 2 aromatic rings.